The van der Waals surface area contributed by atoms with Crippen LogP contribution < -0.4 is 10.5 Å². The van der Waals surface area contributed by atoms with Gasteiger partial charge in [0.2, 0.25) is 10.0 Å². The third-order valence-corrected chi connectivity index (χ3v) is 4.15. The van der Waals surface area contributed by atoms with E-state index in [0.717, 1.165) is 12.8 Å². The van der Waals surface area contributed by atoms with Crippen LogP contribution in [0.1, 0.15) is 18.4 Å². The highest BCUT2D eigenvalue weighted by atomic mass is 32.2. The number of nitrogens with one attached hydrogen (secondary N) is 1. The van der Waals surface area contributed by atoms with E-state index < -0.39 is 10.0 Å². The van der Waals surface area contributed by atoms with Crippen molar-refractivity contribution in [3.8, 4) is 0 Å². The second-order valence-electron chi connectivity index (χ2n) is 3.73. The van der Waals surface area contributed by atoms with Crippen molar-refractivity contribution in [2.45, 2.75) is 24.6 Å². The summed E-state index contributed by atoms with van der Waals surface area (Å²) in [5, 5.41) is 3.78. The first-order valence-electron chi connectivity index (χ1n) is 4.77. The highest BCUT2D eigenvalue weighted by molar-refractivity contribution is 7.93. The third kappa shape index (κ3) is 2.13. The monoisotopic (exact) mass is 230 g/mol. The fourth-order valence-electron chi connectivity index (χ4n) is 1.37. The highest BCUT2D eigenvalue weighted by Crippen LogP contribution is 2.29. The average molecular weight is 230 g/mol. The molecule has 0 radical (unpaired) electrons. The van der Waals surface area contributed by atoms with Crippen molar-refractivity contribution in [3.63, 3.8) is 0 Å². The first-order valence-corrected chi connectivity index (χ1v) is 6.32. The van der Waals surface area contributed by atoms with Crippen LogP contribution in [-0.2, 0) is 23.6 Å². The topological polar surface area (TPSA) is 90.0 Å². The zero-order chi connectivity index (χ0) is 11.1. The summed E-state index contributed by atoms with van der Waals surface area (Å²) in [6.07, 6.45) is 3.19. The Bertz CT molecular complexity index is 461. The molecule has 1 fully saturated rings. The largest absolute Gasteiger partial charge is 0.326 e. The molecular weight excluding hydrogens is 216 g/mol. The lowest BCUT2D eigenvalue weighted by molar-refractivity contribution is 0.599. The number of nitrogens with two attached hydrogens (primary N) is 1. The minimum absolute atomic E-state index is 0.245. The molecule has 0 unspecified atom stereocenters. The van der Waals surface area contributed by atoms with Gasteiger partial charge in [0, 0.05) is 25.4 Å². The van der Waals surface area contributed by atoms with Crippen LogP contribution in [0.15, 0.2) is 6.20 Å². The van der Waals surface area contributed by atoms with Gasteiger partial charge < -0.3 is 5.73 Å². The summed E-state index contributed by atoms with van der Waals surface area (Å²) < 4.78 is 27.3. The maximum atomic E-state index is 11.6. The standard InChI is InChI=1S/C8H14N4O2S/c1-12-5-6(4-9)8(10-12)11-15(13,14)7-2-3-7/h5,7H,2-4,9H2,1H3,(H,10,11). The van der Waals surface area contributed by atoms with Crippen LogP contribution in [0, 0.1) is 0 Å². The minimum atomic E-state index is -3.24. The fourth-order valence-corrected chi connectivity index (χ4v) is 2.73. The second kappa shape index (κ2) is 3.49. The molecule has 0 bridgehead atoms. The van der Waals surface area contributed by atoms with Gasteiger partial charge in [-0.05, 0) is 12.8 Å². The zero-order valence-corrected chi connectivity index (χ0v) is 9.29. The van der Waals surface area contributed by atoms with Crippen LogP contribution in [-0.4, -0.2) is 23.4 Å². The lowest BCUT2D eigenvalue weighted by Gasteiger charge is -2.04. The van der Waals surface area contributed by atoms with Gasteiger partial charge in [0.05, 0.1) is 5.25 Å². The Balaban J connectivity index is 2.23. The molecule has 0 amide bonds. The van der Waals surface area contributed by atoms with Crippen LogP contribution in [0.3, 0.4) is 0 Å². The number of sulfonamides is 1. The van der Waals surface area contributed by atoms with E-state index in [1.165, 1.54) is 0 Å². The summed E-state index contributed by atoms with van der Waals surface area (Å²) in [7, 11) is -1.51. The molecule has 1 saturated carbocycles. The minimum Gasteiger partial charge on any atom is -0.326 e. The highest BCUT2D eigenvalue weighted by Gasteiger charge is 2.36. The fraction of sp³-hybridized carbons (Fsp3) is 0.625. The van der Waals surface area contributed by atoms with Crippen LogP contribution in [0.4, 0.5) is 5.82 Å². The summed E-state index contributed by atoms with van der Waals surface area (Å²) in [5.74, 6) is 0.354. The van der Waals surface area contributed by atoms with Crippen molar-refractivity contribution in [1.82, 2.24) is 9.78 Å². The first-order chi connectivity index (χ1) is 7.03. The van der Waals surface area contributed by atoms with Gasteiger partial charge >= 0.3 is 0 Å². The van der Waals surface area contributed by atoms with Crippen molar-refractivity contribution < 1.29 is 8.42 Å². The van der Waals surface area contributed by atoms with E-state index in [2.05, 4.69) is 9.82 Å². The molecule has 0 saturated heterocycles. The van der Waals surface area contributed by atoms with Crippen LogP contribution in [0.2, 0.25) is 0 Å². The van der Waals surface area contributed by atoms with Gasteiger partial charge in [-0.2, -0.15) is 5.10 Å². The Morgan fingerprint density at radius 3 is 2.87 bits per heavy atom. The van der Waals surface area contributed by atoms with Gasteiger partial charge in [-0.3, -0.25) is 9.40 Å². The Morgan fingerprint density at radius 2 is 2.33 bits per heavy atom. The van der Waals surface area contributed by atoms with E-state index in [1.807, 2.05) is 0 Å². The third-order valence-electron chi connectivity index (χ3n) is 2.33. The molecule has 0 aliphatic heterocycles. The first kappa shape index (κ1) is 10.4. The summed E-state index contributed by atoms with van der Waals surface area (Å²) in [6, 6.07) is 0. The van der Waals surface area contributed by atoms with Crippen molar-refractivity contribution >= 4 is 15.8 Å². The van der Waals surface area contributed by atoms with Crippen molar-refractivity contribution in [3.05, 3.63) is 11.8 Å². The van der Waals surface area contributed by atoms with E-state index in [1.54, 1.807) is 17.9 Å². The molecule has 0 spiro atoms. The lowest BCUT2D eigenvalue weighted by Crippen LogP contribution is -2.19. The Labute approximate surface area is 88.5 Å². The predicted molar refractivity (Wildman–Crippen MR) is 56.7 cm³/mol. The van der Waals surface area contributed by atoms with Gasteiger partial charge in [-0.1, -0.05) is 0 Å². The number of aryl methyl sites for hydroxylation is 1. The number of hydrogen-bond donors (Lipinski definition) is 2. The van der Waals surface area contributed by atoms with E-state index in [9.17, 15) is 8.42 Å². The quantitative estimate of drug-likeness (QED) is 0.748. The molecular formula is C8H14N4O2S. The van der Waals surface area contributed by atoms with Gasteiger partial charge in [-0.25, -0.2) is 8.42 Å². The van der Waals surface area contributed by atoms with Gasteiger partial charge in [0.1, 0.15) is 0 Å². The maximum Gasteiger partial charge on any atom is 0.236 e. The molecule has 3 N–H and O–H groups in total. The molecule has 84 valence electrons. The second-order valence-corrected chi connectivity index (χ2v) is 5.69. The predicted octanol–water partition coefficient (Wildman–Crippen LogP) is -0.217. The van der Waals surface area contributed by atoms with Crippen LogP contribution >= 0.6 is 0 Å². The van der Waals surface area contributed by atoms with Crippen LogP contribution in [0.25, 0.3) is 0 Å². The van der Waals surface area contributed by atoms with E-state index in [-0.39, 0.29) is 11.8 Å². The number of rotatable bonds is 4. The van der Waals surface area contributed by atoms with E-state index in [0.29, 0.717) is 11.4 Å². The molecule has 7 heteroatoms. The number of aromatic nitrogens is 2. The molecule has 1 aromatic heterocycles. The lowest BCUT2D eigenvalue weighted by atomic mass is 10.3. The van der Waals surface area contributed by atoms with Gasteiger partial charge in [-0.15, -0.1) is 0 Å². The number of hydrogen-bond acceptors (Lipinski definition) is 4. The zero-order valence-electron chi connectivity index (χ0n) is 8.47. The molecule has 0 atom stereocenters. The van der Waals surface area contributed by atoms with Crippen LogP contribution in [0.5, 0.6) is 0 Å². The van der Waals surface area contributed by atoms with Crippen molar-refractivity contribution in [1.29, 1.82) is 0 Å². The molecule has 2 rings (SSSR count). The SMILES string of the molecule is Cn1cc(CN)c(NS(=O)(=O)C2CC2)n1. The normalized spacial score (nSPS) is 16.7. The average Bonchev–Trinajstić information content (AvgIpc) is 2.92. The molecule has 15 heavy (non-hydrogen) atoms. The summed E-state index contributed by atoms with van der Waals surface area (Å²) in [6.45, 7) is 0.274. The van der Waals surface area contributed by atoms with Gasteiger partial charge in [0.15, 0.2) is 5.82 Å². The molecule has 1 aliphatic rings. The summed E-state index contributed by atoms with van der Waals surface area (Å²) in [4.78, 5) is 0. The van der Waals surface area contributed by atoms with Crippen molar-refractivity contribution in [2.75, 3.05) is 4.72 Å². The molecule has 1 heterocycles. The van der Waals surface area contributed by atoms with Gasteiger partial charge in [0.25, 0.3) is 0 Å². The maximum absolute atomic E-state index is 11.6. The summed E-state index contributed by atoms with van der Waals surface area (Å²) >= 11 is 0. The molecule has 0 aromatic carbocycles. The Morgan fingerprint density at radius 1 is 1.67 bits per heavy atom. The number of anilines is 1. The van der Waals surface area contributed by atoms with E-state index in [4.69, 9.17) is 5.73 Å². The molecule has 1 aromatic rings. The molecule has 6 nitrogen and oxygen atoms in total. The Hall–Kier alpha value is -1.08. The van der Waals surface area contributed by atoms with E-state index >= 15 is 0 Å². The smallest absolute Gasteiger partial charge is 0.236 e. The molecule has 1 aliphatic carbocycles. The number of nitrogens with zero attached hydrogens (tertiary/aromatic N) is 2. The summed E-state index contributed by atoms with van der Waals surface area (Å²) in [5.41, 5.74) is 6.20. The van der Waals surface area contributed by atoms with Crippen molar-refractivity contribution in [2.24, 2.45) is 12.8 Å². The Kier molecular flexibility index (Phi) is 2.43.